The van der Waals surface area contributed by atoms with Crippen LogP contribution in [0.15, 0.2) is 12.2 Å². The summed E-state index contributed by atoms with van der Waals surface area (Å²) in [5.41, 5.74) is 0. The van der Waals surface area contributed by atoms with Crippen LogP contribution in [-0.4, -0.2) is 18.3 Å². The lowest BCUT2D eigenvalue weighted by Crippen LogP contribution is -2.06. The van der Waals surface area contributed by atoms with Crippen LogP contribution >= 0.6 is 12.6 Å². The molecule has 0 saturated heterocycles. The third-order valence-corrected chi connectivity index (χ3v) is 3.94. The average molecular weight is 329 g/mol. The molecule has 0 bridgehead atoms. The van der Waals surface area contributed by atoms with E-state index in [-0.39, 0.29) is 5.97 Å². The molecule has 0 aromatic rings. The van der Waals surface area contributed by atoms with Gasteiger partial charge in [0.2, 0.25) is 0 Å². The van der Waals surface area contributed by atoms with Gasteiger partial charge in [0.05, 0.1) is 0 Å². The average Bonchev–Trinajstić information content (AvgIpc) is 2.53. The third-order valence-electron chi connectivity index (χ3n) is 3.76. The van der Waals surface area contributed by atoms with E-state index in [9.17, 15) is 4.79 Å². The van der Waals surface area contributed by atoms with Crippen molar-refractivity contribution in [2.45, 2.75) is 90.4 Å². The highest BCUT2D eigenvalue weighted by molar-refractivity contribution is 7.80. The zero-order chi connectivity index (χ0) is 16.3. The fourth-order valence-corrected chi connectivity index (χ4v) is 2.55. The number of esters is 1. The van der Waals surface area contributed by atoms with Gasteiger partial charge in [-0.2, -0.15) is 12.6 Å². The van der Waals surface area contributed by atoms with E-state index >= 15 is 0 Å². The number of thiol groups is 1. The van der Waals surface area contributed by atoms with Crippen molar-refractivity contribution >= 4 is 18.6 Å². The van der Waals surface area contributed by atoms with Gasteiger partial charge in [0.15, 0.2) is 0 Å². The molecule has 3 heteroatoms. The van der Waals surface area contributed by atoms with Crippen LogP contribution in [0.5, 0.6) is 0 Å². The van der Waals surface area contributed by atoms with E-state index in [1.54, 1.807) is 0 Å². The number of carbonyl (C=O) groups excluding carboxylic acids is 1. The summed E-state index contributed by atoms with van der Waals surface area (Å²) in [4.78, 5) is 11.3. The number of rotatable bonds is 16. The standard InChI is InChI=1S/C19H36O2S/c1-2-3-4-5-6-7-8-9-10-11-12-13-14-15-16-19(20)21-17-18-22/h3-4,22H,2,5-18H2,1H3/b4-3+. The van der Waals surface area contributed by atoms with Crippen LogP contribution in [0.3, 0.4) is 0 Å². The van der Waals surface area contributed by atoms with Crippen molar-refractivity contribution in [3.63, 3.8) is 0 Å². The lowest BCUT2D eigenvalue weighted by molar-refractivity contribution is -0.143. The minimum absolute atomic E-state index is 0.0668. The first-order valence-electron chi connectivity index (χ1n) is 9.22. The molecule has 0 aliphatic carbocycles. The first-order valence-corrected chi connectivity index (χ1v) is 9.86. The molecule has 0 amide bonds. The van der Waals surface area contributed by atoms with E-state index in [4.69, 9.17) is 4.74 Å². The van der Waals surface area contributed by atoms with Crippen LogP contribution < -0.4 is 0 Å². The highest BCUT2D eigenvalue weighted by atomic mass is 32.1. The van der Waals surface area contributed by atoms with Crippen molar-refractivity contribution in [2.24, 2.45) is 0 Å². The Kier molecular flexibility index (Phi) is 18.2. The molecule has 0 radical (unpaired) electrons. The molecule has 0 unspecified atom stereocenters. The van der Waals surface area contributed by atoms with Gasteiger partial charge in [0, 0.05) is 12.2 Å². The van der Waals surface area contributed by atoms with Crippen molar-refractivity contribution in [3.05, 3.63) is 12.2 Å². The lowest BCUT2D eigenvalue weighted by atomic mass is 10.1. The number of ether oxygens (including phenoxy) is 1. The quantitative estimate of drug-likeness (QED) is 0.160. The first-order chi connectivity index (χ1) is 10.8. The highest BCUT2D eigenvalue weighted by Crippen LogP contribution is 2.12. The molecule has 0 aromatic heterocycles. The van der Waals surface area contributed by atoms with Crippen molar-refractivity contribution in [3.8, 4) is 0 Å². The van der Waals surface area contributed by atoms with Gasteiger partial charge in [0.25, 0.3) is 0 Å². The Labute approximate surface area is 143 Å². The van der Waals surface area contributed by atoms with Gasteiger partial charge >= 0.3 is 5.97 Å². The summed E-state index contributed by atoms with van der Waals surface area (Å²) in [5.74, 6) is 0.545. The molecule has 0 saturated carbocycles. The van der Waals surface area contributed by atoms with E-state index in [1.807, 2.05) is 0 Å². The second-order valence-corrected chi connectivity index (χ2v) is 6.35. The van der Waals surface area contributed by atoms with Gasteiger partial charge in [-0.25, -0.2) is 0 Å². The maximum atomic E-state index is 11.3. The lowest BCUT2D eigenvalue weighted by Gasteiger charge is -2.03. The number of carbonyl (C=O) groups is 1. The second kappa shape index (κ2) is 18.6. The van der Waals surface area contributed by atoms with Gasteiger partial charge in [0.1, 0.15) is 6.61 Å². The van der Waals surface area contributed by atoms with Gasteiger partial charge in [-0.05, 0) is 25.7 Å². The predicted molar refractivity (Wildman–Crippen MR) is 99.6 cm³/mol. The normalized spacial score (nSPS) is 11.2. The summed E-state index contributed by atoms with van der Waals surface area (Å²) in [6.45, 7) is 2.63. The van der Waals surface area contributed by atoms with Crippen LogP contribution in [0.2, 0.25) is 0 Å². The summed E-state index contributed by atoms with van der Waals surface area (Å²) in [5, 5.41) is 0. The zero-order valence-corrected chi connectivity index (χ0v) is 15.4. The molecule has 2 nitrogen and oxygen atoms in total. The Morgan fingerprint density at radius 3 is 1.95 bits per heavy atom. The van der Waals surface area contributed by atoms with Crippen molar-refractivity contribution in [1.82, 2.24) is 0 Å². The first kappa shape index (κ1) is 21.6. The predicted octanol–water partition coefficient (Wildman–Crippen LogP) is 6.11. The Bertz CT molecular complexity index is 264. The maximum absolute atomic E-state index is 11.3. The number of hydrogen-bond acceptors (Lipinski definition) is 3. The molecule has 0 fully saturated rings. The van der Waals surface area contributed by atoms with Crippen LogP contribution in [0, 0.1) is 0 Å². The molecule has 0 aliphatic heterocycles. The van der Waals surface area contributed by atoms with Gasteiger partial charge < -0.3 is 4.74 Å². The fourth-order valence-electron chi connectivity index (χ4n) is 2.46. The number of allylic oxidation sites excluding steroid dienone is 2. The SMILES string of the molecule is CC/C=C/CCCCCCCCCCCCC(=O)OCCS. The van der Waals surface area contributed by atoms with Crippen molar-refractivity contribution in [1.29, 1.82) is 0 Å². The molecule has 0 heterocycles. The number of hydrogen-bond donors (Lipinski definition) is 1. The molecule has 0 atom stereocenters. The molecular weight excluding hydrogens is 292 g/mol. The minimum atomic E-state index is -0.0668. The highest BCUT2D eigenvalue weighted by Gasteiger charge is 2.01. The molecule has 0 rings (SSSR count). The number of unbranched alkanes of at least 4 members (excludes halogenated alkanes) is 10. The summed E-state index contributed by atoms with van der Waals surface area (Å²) in [6.07, 6.45) is 20.5. The maximum Gasteiger partial charge on any atom is 0.305 e. The monoisotopic (exact) mass is 328 g/mol. The van der Waals surface area contributed by atoms with E-state index in [2.05, 4.69) is 31.7 Å². The fraction of sp³-hybridized carbons (Fsp3) is 0.842. The van der Waals surface area contributed by atoms with Gasteiger partial charge in [-0.3, -0.25) is 4.79 Å². The van der Waals surface area contributed by atoms with E-state index in [1.165, 1.54) is 57.8 Å². The van der Waals surface area contributed by atoms with Crippen LogP contribution in [0.1, 0.15) is 90.4 Å². The van der Waals surface area contributed by atoms with Gasteiger partial charge in [-0.1, -0.05) is 70.4 Å². The summed E-state index contributed by atoms with van der Waals surface area (Å²) in [7, 11) is 0. The molecule has 130 valence electrons. The second-order valence-electron chi connectivity index (χ2n) is 5.90. The van der Waals surface area contributed by atoms with Crippen molar-refractivity contribution in [2.75, 3.05) is 12.4 Å². The summed E-state index contributed by atoms with van der Waals surface area (Å²) < 4.78 is 4.99. The Morgan fingerprint density at radius 1 is 0.864 bits per heavy atom. The molecule has 0 spiro atoms. The summed E-state index contributed by atoms with van der Waals surface area (Å²) >= 11 is 4.01. The molecule has 22 heavy (non-hydrogen) atoms. The van der Waals surface area contributed by atoms with E-state index < -0.39 is 0 Å². The van der Waals surface area contributed by atoms with E-state index in [0.29, 0.717) is 18.8 Å². The zero-order valence-electron chi connectivity index (χ0n) is 14.5. The Morgan fingerprint density at radius 2 is 1.41 bits per heavy atom. The molecule has 0 aromatic carbocycles. The summed E-state index contributed by atoms with van der Waals surface area (Å²) in [6, 6.07) is 0. The minimum Gasteiger partial charge on any atom is -0.465 e. The van der Waals surface area contributed by atoms with Crippen LogP contribution in [0.25, 0.3) is 0 Å². The van der Waals surface area contributed by atoms with Crippen molar-refractivity contribution < 1.29 is 9.53 Å². The Hall–Kier alpha value is -0.440. The molecule has 0 aliphatic rings. The van der Waals surface area contributed by atoms with Crippen LogP contribution in [0.4, 0.5) is 0 Å². The third kappa shape index (κ3) is 17.6. The van der Waals surface area contributed by atoms with Gasteiger partial charge in [-0.15, -0.1) is 0 Å². The van der Waals surface area contributed by atoms with E-state index in [0.717, 1.165) is 19.3 Å². The molecular formula is C19H36O2S. The molecule has 0 N–H and O–H groups in total. The van der Waals surface area contributed by atoms with Crippen LogP contribution in [-0.2, 0) is 9.53 Å². The Balaban J connectivity index is 3.08. The topological polar surface area (TPSA) is 26.3 Å². The smallest absolute Gasteiger partial charge is 0.305 e. The largest absolute Gasteiger partial charge is 0.465 e.